The zero-order valence-electron chi connectivity index (χ0n) is 12.5. The van der Waals surface area contributed by atoms with Gasteiger partial charge < -0.3 is 16.0 Å². The number of guanidine groups is 1. The third kappa shape index (κ3) is 4.52. The van der Waals surface area contributed by atoms with Crippen molar-refractivity contribution in [3.63, 3.8) is 0 Å². The fraction of sp³-hybridized carbons (Fsp3) is 0.467. The summed E-state index contributed by atoms with van der Waals surface area (Å²) in [5, 5.41) is 2.55. The van der Waals surface area contributed by atoms with E-state index >= 15 is 0 Å². The molecule has 3 rings (SSSR count). The molecule has 0 radical (unpaired) electrons. The van der Waals surface area contributed by atoms with Crippen LogP contribution >= 0.6 is 24.0 Å². The Morgan fingerprint density at radius 3 is 2.83 bits per heavy atom. The second-order valence-corrected chi connectivity index (χ2v) is 5.82. The van der Waals surface area contributed by atoms with Gasteiger partial charge in [-0.2, -0.15) is 0 Å². The van der Waals surface area contributed by atoms with Gasteiger partial charge in [-0.25, -0.2) is 8.78 Å². The van der Waals surface area contributed by atoms with E-state index in [0.29, 0.717) is 25.6 Å². The Labute approximate surface area is 150 Å². The summed E-state index contributed by atoms with van der Waals surface area (Å²) >= 11 is 0. The van der Waals surface area contributed by atoms with Crippen LogP contribution in [0, 0.1) is 17.6 Å². The van der Waals surface area contributed by atoms with Crippen molar-refractivity contribution in [3.8, 4) is 0 Å². The fourth-order valence-corrected chi connectivity index (χ4v) is 2.67. The number of carbonyl (C=O) groups excluding carboxylic acids is 1. The van der Waals surface area contributed by atoms with Crippen molar-refractivity contribution >= 4 is 41.5 Å². The maximum atomic E-state index is 13.5. The molecule has 0 bridgehead atoms. The molecule has 1 heterocycles. The average molecular weight is 436 g/mol. The number of anilines is 1. The van der Waals surface area contributed by atoms with Crippen LogP contribution in [0.2, 0.25) is 0 Å². The standard InChI is InChI=1S/C15H18F2N4O.HI/c16-10-1-4-12(17)13(6-10)20-15(18)19-7-9-5-14(22)21(8-9)11-2-3-11;/h1,4,6,9,11H,2-3,5,7-8H2,(H3,18,19,20);1H. The number of hydrogen-bond acceptors (Lipinski definition) is 2. The van der Waals surface area contributed by atoms with Gasteiger partial charge in [-0.15, -0.1) is 24.0 Å². The lowest BCUT2D eigenvalue weighted by Crippen LogP contribution is -2.28. The molecule has 1 aliphatic carbocycles. The second-order valence-electron chi connectivity index (χ2n) is 5.82. The Morgan fingerprint density at radius 2 is 2.13 bits per heavy atom. The Morgan fingerprint density at radius 1 is 1.39 bits per heavy atom. The van der Waals surface area contributed by atoms with Crippen LogP contribution in [0.15, 0.2) is 23.2 Å². The average Bonchev–Trinajstić information content (AvgIpc) is 3.24. The first-order valence-electron chi connectivity index (χ1n) is 7.34. The SMILES string of the molecule is I.NC(=NCC1CC(=O)N(C2CC2)C1)Nc1cc(F)ccc1F. The van der Waals surface area contributed by atoms with Crippen molar-refractivity contribution in [2.24, 2.45) is 16.6 Å². The minimum Gasteiger partial charge on any atom is -0.370 e. The maximum absolute atomic E-state index is 13.5. The molecule has 126 valence electrons. The first-order chi connectivity index (χ1) is 10.5. The lowest BCUT2D eigenvalue weighted by molar-refractivity contribution is -0.128. The van der Waals surface area contributed by atoms with Crippen LogP contribution in [0.3, 0.4) is 0 Å². The molecule has 1 aliphatic heterocycles. The zero-order chi connectivity index (χ0) is 15.7. The number of halogens is 3. The van der Waals surface area contributed by atoms with Gasteiger partial charge in [-0.1, -0.05) is 0 Å². The van der Waals surface area contributed by atoms with Crippen molar-refractivity contribution in [3.05, 3.63) is 29.8 Å². The minimum absolute atomic E-state index is 0. The highest BCUT2D eigenvalue weighted by Crippen LogP contribution is 2.32. The summed E-state index contributed by atoms with van der Waals surface area (Å²) in [6.45, 7) is 1.10. The quantitative estimate of drug-likeness (QED) is 0.433. The number of amides is 1. The Kier molecular flexibility index (Phi) is 5.77. The molecule has 2 aliphatic rings. The van der Waals surface area contributed by atoms with Gasteiger partial charge in [0.25, 0.3) is 0 Å². The number of hydrogen-bond donors (Lipinski definition) is 2. The van der Waals surface area contributed by atoms with Crippen LogP contribution in [0.5, 0.6) is 0 Å². The number of nitrogens with two attached hydrogens (primary N) is 1. The highest BCUT2D eigenvalue weighted by molar-refractivity contribution is 14.0. The molecule has 1 amide bonds. The number of likely N-dealkylation sites (tertiary alicyclic amines) is 1. The minimum atomic E-state index is -0.601. The molecule has 1 unspecified atom stereocenters. The molecule has 1 saturated carbocycles. The van der Waals surface area contributed by atoms with E-state index in [1.165, 1.54) is 0 Å². The molecule has 1 aromatic rings. The smallest absolute Gasteiger partial charge is 0.223 e. The van der Waals surface area contributed by atoms with Crippen LogP contribution in [-0.4, -0.2) is 35.9 Å². The molecule has 3 N–H and O–H groups in total. The molecule has 1 aromatic carbocycles. The predicted molar refractivity (Wildman–Crippen MR) is 94.7 cm³/mol. The first kappa shape index (κ1) is 17.9. The number of nitrogens with one attached hydrogen (secondary N) is 1. The lowest BCUT2D eigenvalue weighted by atomic mass is 10.1. The highest BCUT2D eigenvalue weighted by Gasteiger charge is 2.39. The summed E-state index contributed by atoms with van der Waals surface area (Å²) in [6.07, 6.45) is 2.65. The van der Waals surface area contributed by atoms with E-state index in [1.807, 2.05) is 4.90 Å². The van der Waals surface area contributed by atoms with E-state index in [2.05, 4.69) is 10.3 Å². The van der Waals surface area contributed by atoms with Crippen LogP contribution in [-0.2, 0) is 4.79 Å². The van der Waals surface area contributed by atoms with Gasteiger partial charge in [0.2, 0.25) is 5.91 Å². The van der Waals surface area contributed by atoms with Crippen molar-refractivity contribution in [2.75, 3.05) is 18.4 Å². The molecule has 23 heavy (non-hydrogen) atoms. The zero-order valence-corrected chi connectivity index (χ0v) is 14.8. The van der Waals surface area contributed by atoms with E-state index in [0.717, 1.165) is 31.0 Å². The molecule has 8 heteroatoms. The number of nitrogens with zero attached hydrogens (tertiary/aromatic N) is 2. The summed E-state index contributed by atoms with van der Waals surface area (Å²) in [7, 11) is 0. The molecule has 0 aromatic heterocycles. The summed E-state index contributed by atoms with van der Waals surface area (Å²) in [5.41, 5.74) is 5.64. The number of carbonyl (C=O) groups is 1. The normalized spacial score (nSPS) is 21.3. The molecular weight excluding hydrogens is 417 g/mol. The molecule has 1 saturated heterocycles. The Balaban J connectivity index is 0.00000192. The van der Waals surface area contributed by atoms with E-state index in [-0.39, 0.29) is 47.4 Å². The first-order valence-corrected chi connectivity index (χ1v) is 7.34. The predicted octanol–water partition coefficient (Wildman–Crippen LogP) is 2.32. The van der Waals surface area contributed by atoms with Crippen LogP contribution in [0.25, 0.3) is 0 Å². The van der Waals surface area contributed by atoms with Gasteiger partial charge in [-0.3, -0.25) is 9.79 Å². The second kappa shape index (κ2) is 7.41. The largest absolute Gasteiger partial charge is 0.370 e. The summed E-state index contributed by atoms with van der Waals surface area (Å²) in [5.74, 6) is -0.841. The number of rotatable bonds is 4. The van der Waals surface area contributed by atoms with E-state index in [4.69, 9.17) is 5.73 Å². The van der Waals surface area contributed by atoms with Gasteiger partial charge in [0.1, 0.15) is 11.6 Å². The molecule has 0 spiro atoms. The summed E-state index contributed by atoms with van der Waals surface area (Å²) < 4.78 is 26.5. The van der Waals surface area contributed by atoms with E-state index < -0.39 is 11.6 Å². The van der Waals surface area contributed by atoms with Gasteiger partial charge in [-0.05, 0) is 25.0 Å². The van der Waals surface area contributed by atoms with Gasteiger partial charge >= 0.3 is 0 Å². The fourth-order valence-electron chi connectivity index (χ4n) is 2.67. The van der Waals surface area contributed by atoms with Gasteiger partial charge in [0.05, 0.1) is 5.69 Å². The lowest BCUT2D eigenvalue weighted by Gasteiger charge is -2.14. The monoisotopic (exact) mass is 436 g/mol. The maximum Gasteiger partial charge on any atom is 0.223 e. The van der Waals surface area contributed by atoms with E-state index in [9.17, 15) is 13.6 Å². The molecule has 5 nitrogen and oxygen atoms in total. The molecule has 1 atom stereocenters. The van der Waals surface area contributed by atoms with Crippen molar-refractivity contribution < 1.29 is 13.6 Å². The summed E-state index contributed by atoms with van der Waals surface area (Å²) in [4.78, 5) is 17.9. The van der Waals surface area contributed by atoms with Crippen LogP contribution in [0.4, 0.5) is 14.5 Å². The summed E-state index contributed by atoms with van der Waals surface area (Å²) in [6, 6.07) is 3.49. The number of benzene rings is 1. The van der Waals surface area contributed by atoms with Crippen molar-refractivity contribution in [1.82, 2.24) is 4.90 Å². The third-order valence-corrected chi connectivity index (χ3v) is 3.94. The van der Waals surface area contributed by atoms with Crippen LogP contribution < -0.4 is 11.1 Å². The Bertz CT molecular complexity index is 621. The van der Waals surface area contributed by atoms with E-state index in [1.54, 1.807) is 0 Å². The number of aliphatic imine (C=N–C) groups is 1. The van der Waals surface area contributed by atoms with Crippen LogP contribution in [0.1, 0.15) is 19.3 Å². The molecular formula is C15H19F2IN4O. The third-order valence-electron chi connectivity index (χ3n) is 3.94. The topological polar surface area (TPSA) is 70.7 Å². The van der Waals surface area contributed by atoms with Gasteiger partial charge in [0.15, 0.2) is 5.96 Å². The van der Waals surface area contributed by atoms with Gasteiger partial charge in [0, 0.05) is 37.5 Å². The highest BCUT2D eigenvalue weighted by atomic mass is 127. The van der Waals surface area contributed by atoms with Crippen molar-refractivity contribution in [1.29, 1.82) is 0 Å². The van der Waals surface area contributed by atoms with Crippen molar-refractivity contribution in [2.45, 2.75) is 25.3 Å². The molecule has 2 fully saturated rings. The Hall–Kier alpha value is -1.45.